The summed E-state index contributed by atoms with van der Waals surface area (Å²) in [6, 6.07) is 23.8. The van der Waals surface area contributed by atoms with E-state index in [1.54, 1.807) is 54.3 Å². The molecule has 36 heavy (non-hydrogen) atoms. The molecule has 0 spiro atoms. The Bertz CT molecular complexity index is 1340. The number of ketones is 1. The van der Waals surface area contributed by atoms with Crippen molar-refractivity contribution in [1.29, 1.82) is 0 Å². The van der Waals surface area contributed by atoms with Crippen molar-refractivity contribution in [3.8, 4) is 5.75 Å². The summed E-state index contributed by atoms with van der Waals surface area (Å²) in [6.07, 6.45) is 1.72. The first kappa shape index (κ1) is 24.5. The molecule has 1 aliphatic heterocycles. The Kier molecular flexibility index (Phi) is 7.30. The number of hydrogen-bond acceptors (Lipinski definition) is 6. The van der Waals surface area contributed by atoms with Crippen molar-refractivity contribution < 1.29 is 23.9 Å². The maximum Gasteiger partial charge on any atom is 0.343 e. The molecule has 3 aromatic carbocycles. The number of amides is 1. The summed E-state index contributed by atoms with van der Waals surface area (Å²) >= 11 is 0. The summed E-state index contributed by atoms with van der Waals surface area (Å²) in [4.78, 5) is 39.5. The van der Waals surface area contributed by atoms with E-state index in [9.17, 15) is 14.4 Å². The standard InChI is InChI=1S/C29H26N2O5/c1-19-9-13-23(14-10-19)31-20(2)27(29(34)35-3)28(33)25(31)17-21-11-15-24(16-12-21)36-18-26(32)30-22-7-5-4-6-8-22/h4-17H,18H2,1-3H3,(H,30,32)/b25-17-. The Morgan fingerprint density at radius 2 is 1.58 bits per heavy atom. The van der Waals surface area contributed by atoms with E-state index in [-0.39, 0.29) is 18.1 Å². The number of esters is 1. The van der Waals surface area contributed by atoms with E-state index in [4.69, 9.17) is 9.47 Å². The first-order valence-electron chi connectivity index (χ1n) is 11.4. The second-order valence-corrected chi connectivity index (χ2v) is 8.25. The molecule has 0 bridgehead atoms. The molecule has 0 fully saturated rings. The fourth-order valence-electron chi connectivity index (χ4n) is 3.87. The van der Waals surface area contributed by atoms with Gasteiger partial charge >= 0.3 is 5.97 Å². The average molecular weight is 483 g/mol. The lowest BCUT2D eigenvalue weighted by molar-refractivity contribution is -0.137. The van der Waals surface area contributed by atoms with E-state index in [1.807, 2.05) is 49.4 Å². The lowest BCUT2D eigenvalue weighted by Crippen LogP contribution is -2.20. The number of methoxy groups -OCH3 is 1. The number of carbonyl (C=O) groups excluding carboxylic acids is 3. The van der Waals surface area contributed by atoms with E-state index in [0.29, 0.717) is 22.8 Å². The van der Waals surface area contributed by atoms with Gasteiger partial charge in [0.1, 0.15) is 11.3 Å². The Morgan fingerprint density at radius 1 is 0.917 bits per heavy atom. The van der Waals surface area contributed by atoms with E-state index < -0.39 is 11.8 Å². The summed E-state index contributed by atoms with van der Waals surface area (Å²) in [5.74, 6) is -0.832. The van der Waals surface area contributed by atoms with Crippen LogP contribution in [0.3, 0.4) is 0 Å². The second-order valence-electron chi connectivity index (χ2n) is 8.25. The highest BCUT2D eigenvalue weighted by Crippen LogP contribution is 2.35. The predicted octanol–water partition coefficient (Wildman–Crippen LogP) is 4.89. The highest BCUT2D eigenvalue weighted by molar-refractivity contribution is 6.30. The number of hydrogen-bond donors (Lipinski definition) is 1. The molecule has 4 rings (SSSR count). The average Bonchev–Trinajstić information content (AvgIpc) is 3.13. The molecule has 0 radical (unpaired) electrons. The number of nitrogens with zero attached hydrogens (tertiary/aromatic N) is 1. The number of Topliss-reactive ketones (excluding diaryl/α,β-unsaturated/α-hetero) is 1. The van der Waals surface area contributed by atoms with Gasteiger partial charge in [-0.05, 0) is 61.9 Å². The number of allylic oxidation sites excluding steroid dienone is 2. The zero-order valence-corrected chi connectivity index (χ0v) is 20.3. The van der Waals surface area contributed by atoms with E-state index in [1.165, 1.54) is 7.11 Å². The van der Waals surface area contributed by atoms with Crippen LogP contribution in [0, 0.1) is 6.92 Å². The minimum atomic E-state index is -0.671. The molecule has 0 atom stereocenters. The topological polar surface area (TPSA) is 84.9 Å². The SMILES string of the molecule is COC(=O)C1=C(C)N(c2ccc(C)cc2)/C(=C\c2ccc(OCC(=O)Nc3ccccc3)cc2)C1=O. The van der Waals surface area contributed by atoms with E-state index in [0.717, 1.165) is 16.8 Å². The van der Waals surface area contributed by atoms with Gasteiger partial charge in [-0.3, -0.25) is 9.59 Å². The Labute approximate surface area is 209 Å². The van der Waals surface area contributed by atoms with Crippen LogP contribution < -0.4 is 15.0 Å². The lowest BCUT2D eigenvalue weighted by Gasteiger charge is -2.21. The van der Waals surface area contributed by atoms with Crippen molar-refractivity contribution in [2.75, 3.05) is 23.9 Å². The molecular formula is C29H26N2O5. The summed E-state index contributed by atoms with van der Waals surface area (Å²) in [7, 11) is 1.26. The predicted molar refractivity (Wildman–Crippen MR) is 138 cm³/mol. The third-order valence-corrected chi connectivity index (χ3v) is 5.69. The van der Waals surface area contributed by atoms with Crippen molar-refractivity contribution >= 4 is 35.1 Å². The summed E-state index contributed by atoms with van der Waals surface area (Å²) in [5, 5.41) is 2.76. The molecule has 1 heterocycles. The van der Waals surface area contributed by atoms with Gasteiger partial charge in [0.2, 0.25) is 5.78 Å². The minimum Gasteiger partial charge on any atom is -0.484 e. The fourth-order valence-corrected chi connectivity index (χ4v) is 3.87. The molecule has 7 heteroatoms. The summed E-state index contributed by atoms with van der Waals surface area (Å²) < 4.78 is 10.4. The number of para-hydroxylation sites is 1. The van der Waals surface area contributed by atoms with Crippen LogP contribution in [0.2, 0.25) is 0 Å². The van der Waals surface area contributed by atoms with Crippen molar-refractivity contribution in [3.63, 3.8) is 0 Å². The zero-order valence-electron chi connectivity index (χ0n) is 20.3. The Hall–Kier alpha value is -4.65. The van der Waals surface area contributed by atoms with Crippen LogP contribution in [0.5, 0.6) is 5.75 Å². The number of nitrogens with one attached hydrogen (secondary N) is 1. The largest absolute Gasteiger partial charge is 0.484 e. The van der Waals surface area contributed by atoms with Gasteiger partial charge in [-0.1, -0.05) is 48.0 Å². The van der Waals surface area contributed by atoms with Crippen LogP contribution in [0.15, 0.2) is 95.8 Å². The first-order valence-corrected chi connectivity index (χ1v) is 11.4. The van der Waals surface area contributed by atoms with E-state index >= 15 is 0 Å². The van der Waals surface area contributed by atoms with Crippen LogP contribution >= 0.6 is 0 Å². The molecule has 1 amide bonds. The van der Waals surface area contributed by atoms with Crippen molar-refractivity contribution in [1.82, 2.24) is 0 Å². The van der Waals surface area contributed by atoms with Crippen molar-refractivity contribution in [2.24, 2.45) is 0 Å². The fraction of sp³-hybridized carbons (Fsp3) is 0.138. The van der Waals surface area contributed by atoms with Crippen LogP contribution in [-0.2, 0) is 19.1 Å². The van der Waals surface area contributed by atoms with Gasteiger partial charge in [0, 0.05) is 17.1 Å². The smallest absolute Gasteiger partial charge is 0.343 e. The minimum absolute atomic E-state index is 0.00806. The molecule has 0 saturated carbocycles. The number of rotatable bonds is 7. The van der Waals surface area contributed by atoms with Gasteiger partial charge in [-0.15, -0.1) is 0 Å². The third kappa shape index (κ3) is 5.36. The monoisotopic (exact) mass is 482 g/mol. The Morgan fingerprint density at radius 3 is 2.22 bits per heavy atom. The quantitative estimate of drug-likeness (QED) is 0.293. The van der Waals surface area contributed by atoms with Crippen LogP contribution in [-0.4, -0.2) is 31.4 Å². The number of benzene rings is 3. The summed E-state index contributed by atoms with van der Waals surface area (Å²) in [5.41, 5.74) is 4.13. The van der Waals surface area contributed by atoms with Crippen LogP contribution in [0.4, 0.5) is 11.4 Å². The highest BCUT2D eigenvalue weighted by atomic mass is 16.5. The van der Waals surface area contributed by atoms with Gasteiger partial charge in [0.25, 0.3) is 5.91 Å². The number of aryl methyl sites for hydroxylation is 1. The normalized spacial score (nSPS) is 14.2. The molecule has 0 aliphatic carbocycles. The van der Waals surface area contributed by atoms with Gasteiger partial charge in [-0.25, -0.2) is 4.79 Å². The molecule has 0 aromatic heterocycles. The lowest BCUT2D eigenvalue weighted by atomic mass is 10.1. The molecule has 182 valence electrons. The van der Waals surface area contributed by atoms with E-state index in [2.05, 4.69) is 5.32 Å². The van der Waals surface area contributed by atoms with Gasteiger partial charge in [0.05, 0.1) is 12.8 Å². The van der Waals surface area contributed by atoms with Crippen LogP contribution in [0.1, 0.15) is 18.1 Å². The molecule has 0 saturated heterocycles. The molecule has 1 N–H and O–H groups in total. The maximum atomic E-state index is 13.2. The molecule has 1 aliphatic rings. The third-order valence-electron chi connectivity index (χ3n) is 5.69. The van der Waals surface area contributed by atoms with Gasteiger partial charge < -0.3 is 19.7 Å². The van der Waals surface area contributed by atoms with Crippen molar-refractivity contribution in [2.45, 2.75) is 13.8 Å². The van der Waals surface area contributed by atoms with Gasteiger partial charge in [-0.2, -0.15) is 0 Å². The molecule has 0 unspecified atom stereocenters. The number of ether oxygens (including phenoxy) is 2. The molecular weight excluding hydrogens is 456 g/mol. The maximum absolute atomic E-state index is 13.2. The van der Waals surface area contributed by atoms with Crippen molar-refractivity contribution in [3.05, 3.63) is 107 Å². The Balaban J connectivity index is 1.53. The highest BCUT2D eigenvalue weighted by Gasteiger charge is 2.38. The first-order chi connectivity index (χ1) is 17.4. The second kappa shape index (κ2) is 10.7. The number of carbonyl (C=O) groups is 3. The molecule has 7 nitrogen and oxygen atoms in total. The van der Waals surface area contributed by atoms with Gasteiger partial charge in [0.15, 0.2) is 6.61 Å². The zero-order chi connectivity index (χ0) is 25.7. The molecule has 3 aromatic rings. The number of anilines is 2. The summed E-state index contributed by atoms with van der Waals surface area (Å²) in [6.45, 7) is 3.57. The van der Waals surface area contributed by atoms with Crippen LogP contribution in [0.25, 0.3) is 6.08 Å².